The summed E-state index contributed by atoms with van der Waals surface area (Å²) in [5, 5.41) is 0. The van der Waals surface area contributed by atoms with E-state index in [-0.39, 0.29) is 0 Å². The van der Waals surface area contributed by atoms with Gasteiger partial charge in [-0.3, -0.25) is 0 Å². The van der Waals surface area contributed by atoms with Crippen LogP contribution in [0, 0.1) is 25.7 Å². The van der Waals surface area contributed by atoms with E-state index in [2.05, 4.69) is 100 Å². The summed E-state index contributed by atoms with van der Waals surface area (Å²) < 4.78 is 0. The Morgan fingerprint density at radius 3 is 1.71 bits per heavy atom. The van der Waals surface area contributed by atoms with Gasteiger partial charge in [-0.1, -0.05) is 73.4 Å². The molecule has 2 aromatic rings. The molecule has 0 fully saturated rings. The molecule has 130 valence electrons. The monoisotopic (exact) mass is 323 g/mol. The molecule has 0 saturated heterocycles. The number of para-hydroxylation sites is 1. The summed E-state index contributed by atoms with van der Waals surface area (Å²) in [6, 6.07) is 16.9. The van der Waals surface area contributed by atoms with Crippen LogP contribution in [-0.4, -0.2) is 14.1 Å². The van der Waals surface area contributed by atoms with E-state index in [4.69, 9.17) is 0 Å². The molecule has 0 aromatic heterocycles. The van der Waals surface area contributed by atoms with Crippen molar-refractivity contribution in [2.75, 3.05) is 19.0 Å². The van der Waals surface area contributed by atoms with Crippen LogP contribution in [0.3, 0.4) is 0 Å². The first-order chi connectivity index (χ1) is 11.5. The van der Waals surface area contributed by atoms with Crippen LogP contribution in [0.25, 0.3) is 0 Å². The molecule has 0 radical (unpaired) electrons. The molecule has 0 aliphatic rings. The highest BCUT2D eigenvalue weighted by Crippen LogP contribution is 2.25. The first-order valence-corrected chi connectivity index (χ1v) is 8.67. The van der Waals surface area contributed by atoms with Crippen LogP contribution in [0.2, 0.25) is 0 Å². The quantitative estimate of drug-likeness (QED) is 0.594. The average Bonchev–Trinajstić information content (AvgIpc) is 2.60. The molecule has 0 aliphatic heterocycles. The maximum absolute atomic E-state index is 3.18. The number of hydrogen-bond acceptors (Lipinski definition) is 1. The third-order valence-corrected chi connectivity index (χ3v) is 3.46. The van der Waals surface area contributed by atoms with Gasteiger partial charge in [0, 0.05) is 25.7 Å². The summed E-state index contributed by atoms with van der Waals surface area (Å²) in [6.45, 7) is 12.2. The zero-order chi connectivity index (χ0) is 18.5. The molecular formula is C23H33N. The Morgan fingerprint density at radius 1 is 0.833 bits per heavy atom. The maximum atomic E-state index is 3.18. The molecule has 1 atom stereocenters. The fourth-order valence-corrected chi connectivity index (χ4v) is 2.19. The number of benzene rings is 2. The number of hydrogen-bond donors (Lipinski definition) is 0. The van der Waals surface area contributed by atoms with Gasteiger partial charge in [-0.05, 0) is 39.3 Å². The summed E-state index contributed by atoms with van der Waals surface area (Å²) in [7, 11) is 4.12. The van der Waals surface area contributed by atoms with E-state index in [1.165, 1.54) is 22.4 Å². The molecule has 2 rings (SSSR count). The summed E-state index contributed by atoms with van der Waals surface area (Å²) in [4.78, 5) is 2.13. The molecule has 0 heterocycles. The van der Waals surface area contributed by atoms with Crippen molar-refractivity contribution in [3.8, 4) is 11.8 Å². The normalized spacial score (nSPS) is 10.0. The number of rotatable bonds is 2. The van der Waals surface area contributed by atoms with Crippen molar-refractivity contribution in [1.29, 1.82) is 0 Å². The lowest BCUT2D eigenvalue weighted by Gasteiger charge is -2.18. The lowest BCUT2D eigenvalue weighted by molar-refractivity contribution is 0.978. The fourth-order valence-electron chi connectivity index (χ4n) is 2.19. The number of nitrogens with zero attached hydrogens (tertiary/aromatic N) is 1. The van der Waals surface area contributed by atoms with Gasteiger partial charge in [-0.2, -0.15) is 0 Å². The Kier molecular flexibility index (Phi) is 11.1. The van der Waals surface area contributed by atoms with Crippen molar-refractivity contribution in [2.24, 2.45) is 0 Å². The lowest BCUT2D eigenvalue weighted by Crippen LogP contribution is -2.11. The fraction of sp³-hybridized carbons (Fsp3) is 0.391. The van der Waals surface area contributed by atoms with Gasteiger partial charge in [0.15, 0.2) is 0 Å². The Bertz CT molecular complexity index is 606. The number of aryl methyl sites for hydroxylation is 2. The zero-order valence-corrected chi connectivity index (χ0v) is 16.6. The van der Waals surface area contributed by atoms with Crippen LogP contribution < -0.4 is 4.90 Å². The standard InChI is InChI=1S/C13H17N.C8H10.C2H6/c1-5-8-11(2)12-9-6-7-10-13(12)14(3)4;1-7-3-5-8(2)6-4-7;1-2/h6-7,9-11H,1-4H3;3-6H,1-2H3;1-2H3. The highest BCUT2D eigenvalue weighted by molar-refractivity contribution is 5.55. The molecule has 0 spiro atoms. The third-order valence-electron chi connectivity index (χ3n) is 3.46. The summed E-state index contributed by atoms with van der Waals surface area (Å²) in [5.41, 5.74) is 5.21. The maximum Gasteiger partial charge on any atom is 0.0444 e. The van der Waals surface area contributed by atoms with Gasteiger partial charge in [0.25, 0.3) is 0 Å². The molecule has 0 amide bonds. The van der Waals surface area contributed by atoms with E-state index in [0.29, 0.717) is 5.92 Å². The number of anilines is 1. The van der Waals surface area contributed by atoms with Crippen LogP contribution in [-0.2, 0) is 0 Å². The van der Waals surface area contributed by atoms with E-state index in [0.717, 1.165) is 0 Å². The van der Waals surface area contributed by atoms with Crippen molar-refractivity contribution in [3.63, 3.8) is 0 Å². The first-order valence-electron chi connectivity index (χ1n) is 8.67. The van der Waals surface area contributed by atoms with E-state index >= 15 is 0 Å². The molecular weight excluding hydrogens is 290 g/mol. The first kappa shape index (κ1) is 21.8. The second-order valence-corrected chi connectivity index (χ2v) is 5.72. The highest BCUT2D eigenvalue weighted by atomic mass is 15.1. The summed E-state index contributed by atoms with van der Waals surface area (Å²) in [5.74, 6) is 6.45. The van der Waals surface area contributed by atoms with Crippen LogP contribution in [0.1, 0.15) is 50.3 Å². The predicted molar refractivity (Wildman–Crippen MR) is 110 cm³/mol. The van der Waals surface area contributed by atoms with Gasteiger partial charge in [-0.25, -0.2) is 0 Å². The van der Waals surface area contributed by atoms with Crippen molar-refractivity contribution in [3.05, 3.63) is 65.2 Å². The minimum Gasteiger partial charge on any atom is -0.377 e. The Labute approximate surface area is 149 Å². The van der Waals surface area contributed by atoms with Gasteiger partial charge >= 0.3 is 0 Å². The van der Waals surface area contributed by atoms with Gasteiger partial charge in [-0.15, -0.1) is 5.92 Å². The minimum atomic E-state index is 0.304. The minimum absolute atomic E-state index is 0.304. The summed E-state index contributed by atoms with van der Waals surface area (Å²) >= 11 is 0. The molecule has 1 heteroatoms. The van der Waals surface area contributed by atoms with E-state index in [1.54, 1.807) is 0 Å². The molecule has 0 saturated carbocycles. The molecule has 1 nitrogen and oxygen atoms in total. The van der Waals surface area contributed by atoms with Crippen molar-refractivity contribution >= 4 is 5.69 Å². The Hall–Kier alpha value is -2.20. The van der Waals surface area contributed by atoms with Crippen LogP contribution in [0.15, 0.2) is 48.5 Å². The van der Waals surface area contributed by atoms with Gasteiger partial charge in [0.2, 0.25) is 0 Å². The van der Waals surface area contributed by atoms with E-state index in [1.807, 2.05) is 20.8 Å². The Morgan fingerprint density at radius 2 is 1.29 bits per heavy atom. The molecule has 0 bridgehead atoms. The largest absolute Gasteiger partial charge is 0.377 e. The third kappa shape index (κ3) is 7.88. The van der Waals surface area contributed by atoms with Crippen LogP contribution in [0.5, 0.6) is 0 Å². The average molecular weight is 324 g/mol. The smallest absolute Gasteiger partial charge is 0.0444 e. The zero-order valence-electron chi connectivity index (χ0n) is 16.6. The van der Waals surface area contributed by atoms with Crippen molar-refractivity contribution in [1.82, 2.24) is 0 Å². The SMILES string of the molecule is CC.CC#CC(C)c1ccccc1N(C)C.Cc1ccc(C)cc1. The van der Waals surface area contributed by atoms with Crippen molar-refractivity contribution < 1.29 is 0 Å². The van der Waals surface area contributed by atoms with Crippen LogP contribution >= 0.6 is 0 Å². The van der Waals surface area contributed by atoms with Gasteiger partial charge < -0.3 is 4.90 Å². The second kappa shape index (κ2) is 12.3. The van der Waals surface area contributed by atoms with Gasteiger partial charge in [0.05, 0.1) is 0 Å². The predicted octanol–water partition coefficient (Wildman–Crippen LogP) is 6.21. The topological polar surface area (TPSA) is 3.24 Å². The summed E-state index contributed by atoms with van der Waals surface area (Å²) in [6.07, 6.45) is 0. The van der Waals surface area contributed by atoms with Gasteiger partial charge in [0.1, 0.15) is 0 Å². The van der Waals surface area contributed by atoms with Crippen molar-refractivity contribution in [2.45, 2.75) is 47.5 Å². The van der Waals surface area contributed by atoms with E-state index < -0.39 is 0 Å². The molecule has 1 unspecified atom stereocenters. The molecule has 2 aromatic carbocycles. The highest BCUT2D eigenvalue weighted by Gasteiger charge is 2.08. The Balaban J connectivity index is 0.000000447. The lowest BCUT2D eigenvalue weighted by atomic mass is 9.99. The molecule has 0 N–H and O–H groups in total. The van der Waals surface area contributed by atoms with Crippen LogP contribution in [0.4, 0.5) is 5.69 Å². The molecule has 0 aliphatic carbocycles. The second-order valence-electron chi connectivity index (χ2n) is 5.72. The van der Waals surface area contributed by atoms with E-state index in [9.17, 15) is 0 Å². The molecule has 24 heavy (non-hydrogen) atoms.